The number of aromatic nitrogens is 1. The van der Waals surface area contributed by atoms with Gasteiger partial charge in [-0.1, -0.05) is 13.0 Å². The summed E-state index contributed by atoms with van der Waals surface area (Å²) in [6.45, 7) is 4.18. The van der Waals surface area contributed by atoms with Crippen LogP contribution in [0.2, 0.25) is 0 Å². The van der Waals surface area contributed by atoms with E-state index in [0.717, 1.165) is 19.6 Å². The molecule has 1 aliphatic carbocycles. The summed E-state index contributed by atoms with van der Waals surface area (Å²) >= 11 is 0. The average Bonchev–Trinajstić information content (AvgIpc) is 2.50. The van der Waals surface area contributed by atoms with E-state index < -0.39 is 0 Å². The molecule has 1 aromatic rings. The van der Waals surface area contributed by atoms with Gasteiger partial charge in [-0.2, -0.15) is 0 Å². The molecule has 3 nitrogen and oxygen atoms in total. The Balaban J connectivity index is 2.07. The lowest BCUT2D eigenvalue weighted by Gasteiger charge is -2.32. The van der Waals surface area contributed by atoms with Crippen molar-refractivity contribution in [3.8, 4) is 0 Å². The van der Waals surface area contributed by atoms with E-state index in [9.17, 15) is 0 Å². The van der Waals surface area contributed by atoms with Crippen molar-refractivity contribution >= 4 is 0 Å². The summed E-state index contributed by atoms with van der Waals surface area (Å²) < 4.78 is 5.21. The number of hydrogen-bond acceptors (Lipinski definition) is 3. The zero-order chi connectivity index (χ0) is 14.2. The van der Waals surface area contributed by atoms with E-state index in [4.69, 9.17) is 4.74 Å². The van der Waals surface area contributed by atoms with Gasteiger partial charge < -0.3 is 10.1 Å². The van der Waals surface area contributed by atoms with Gasteiger partial charge in [-0.25, -0.2) is 0 Å². The highest BCUT2D eigenvalue weighted by molar-refractivity contribution is 5.27. The lowest BCUT2D eigenvalue weighted by atomic mass is 9.80. The molecule has 112 valence electrons. The van der Waals surface area contributed by atoms with Crippen LogP contribution in [-0.2, 0) is 11.2 Å². The predicted octanol–water partition coefficient (Wildman–Crippen LogP) is 3.30. The molecule has 0 saturated carbocycles. The van der Waals surface area contributed by atoms with Crippen molar-refractivity contribution in [1.82, 2.24) is 10.3 Å². The van der Waals surface area contributed by atoms with Crippen molar-refractivity contribution in [2.24, 2.45) is 0 Å². The van der Waals surface area contributed by atoms with Crippen LogP contribution in [0.5, 0.6) is 0 Å². The third-order valence-electron chi connectivity index (χ3n) is 4.24. The first-order valence-electron chi connectivity index (χ1n) is 8.03. The zero-order valence-electron chi connectivity index (χ0n) is 12.9. The Hall–Kier alpha value is -0.930. The molecule has 2 rings (SSSR count). The first-order valence-corrected chi connectivity index (χ1v) is 8.03. The van der Waals surface area contributed by atoms with Gasteiger partial charge in [0.2, 0.25) is 0 Å². The minimum Gasteiger partial charge on any atom is -0.385 e. The van der Waals surface area contributed by atoms with E-state index in [2.05, 4.69) is 29.4 Å². The summed E-state index contributed by atoms with van der Waals surface area (Å²) in [5, 5.41) is 3.74. The number of rotatable bonds is 8. The fourth-order valence-corrected chi connectivity index (χ4v) is 3.26. The molecule has 20 heavy (non-hydrogen) atoms. The Morgan fingerprint density at radius 1 is 1.50 bits per heavy atom. The van der Waals surface area contributed by atoms with Gasteiger partial charge in [-0.3, -0.25) is 4.98 Å². The van der Waals surface area contributed by atoms with Gasteiger partial charge in [0.1, 0.15) is 0 Å². The van der Waals surface area contributed by atoms with Crippen molar-refractivity contribution in [3.63, 3.8) is 0 Å². The number of nitrogens with zero attached hydrogens (tertiary/aromatic N) is 1. The predicted molar refractivity (Wildman–Crippen MR) is 83.1 cm³/mol. The summed E-state index contributed by atoms with van der Waals surface area (Å²) in [4.78, 5) is 4.69. The molecule has 0 aliphatic heterocycles. The van der Waals surface area contributed by atoms with Crippen LogP contribution in [0.4, 0.5) is 0 Å². The van der Waals surface area contributed by atoms with E-state index in [1.54, 1.807) is 7.11 Å². The highest BCUT2D eigenvalue weighted by Crippen LogP contribution is 2.33. The fourth-order valence-electron chi connectivity index (χ4n) is 3.26. The van der Waals surface area contributed by atoms with Gasteiger partial charge in [0.15, 0.2) is 0 Å². The van der Waals surface area contributed by atoms with Crippen LogP contribution in [0.15, 0.2) is 18.3 Å². The quantitative estimate of drug-likeness (QED) is 0.740. The molecule has 3 heteroatoms. The molecular weight excluding hydrogens is 248 g/mol. The molecule has 0 fully saturated rings. The third-order valence-corrected chi connectivity index (χ3v) is 4.24. The number of pyridine rings is 1. The number of fused-ring (bicyclic) bond motifs is 1. The first-order chi connectivity index (χ1) is 9.86. The van der Waals surface area contributed by atoms with Crippen LogP contribution in [0, 0.1) is 0 Å². The second kappa shape index (κ2) is 8.38. The Morgan fingerprint density at radius 3 is 3.20 bits per heavy atom. The molecule has 0 saturated heterocycles. The zero-order valence-corrected chi connectivity index (χ0v) is 12.9. The second-order valence-corrected chi connectivity index (χ2v) is 5.74. The molecule has 1 N–H and O–H groups in total. The van der Waals surface area contributed by atoms with Crippen LogP contribution in [-0.4, -0.2) is 31.3 Å². The average molecular weight is 276 g/mol. The summed E-state index contributed by atoms with van der Waals surface area (Å²) in [5.41, 5.74) is 2.79. The molecule has 0 spiro atoms. The summed E-state index contributed by atoms with van der Waals surface area (Å²) in [5.74, 6) is 0.573. The standard InChI is InChI=1S/C17H28N2O/c1-3-11-18-16(10-6-13-20-2)15-9-4-7-14-8-5-12-19-17(14)15/h5,8,12,15-16,18H,3-4,6-7,9-11,13H2,1-2H3. The smallest absolute Gasteiger partial charge is 0.0481 e. The van der Waals surface area contributed by atoms with Crippen molar-refractivity contribution in [2.45, 2.75) is 57.4 Å². The normalized spacial score (nSPS) is 19.6. The van der Waals surface area contributed by atoms with Crippen molar-refractivity contribution < 1.29 is 4.74 Å². The molecule has 1 aliphatic rings. The largest absolute Gasteiger partial charge is 0.385 e. The van der Waals surface area contributed by atoms with Crippen molar-refractivity contribution in [3.05, 3.63) is 29.6 Å². The van der Waals surface area contributed by atoms with Gasteiger partial charge in [-0.15, -0.1) is 0 Å². The highest BCUT2D eigenvalue weighted by Gasteiger charge is 2.28. The number of methoxy groups -OCH3 is 1. The van der Waals surface area contributed by atoms with E-state index in [0.29, 0.717) is 12.0 Å². The molecule has 0 radical (unpaired) electrons. The third kappa shape index (κ3) is 4.03. The topological polar surface area (TPSA) is 34.1 Å². The molecule has 1 heterocycles. The molecule has 1 aromatic heterocycles. The van der Waals surface area contributed by atoms with E-state index in [1.807, 2.05) is 6.20 Å². The maximum absolute atomic E-state index is 5.21. The van der Waals surface area contributed by atoms with Crippen LogP contribution < -0.4 is 5.32 Å². The van der Waals surface area contributed by atoms with Crippen molar-refractivity contribution in [2.75, 3.05) is 20.3 Å². The Morgan fingerprint density at radius 2 is 2.40 bits per heavy atom. The number of hydrogen-bond donors (Lipinski definition) is 1. The molecular formula is C17H28N2O. The molecule has 0 bridgehead atoms. The lowest BCUT2D eigenvalue weighted by molar-refractivity contribution is 0.185. The molecule has 0 amide bonds. The Bertz CT molecular complexity index is 394. The van der Waals surface area contributed by atoms with E-state index in [1.165, 1.54) is 43.4 Å². The fraction of sp³-hybridized carbons (Fsp3) is 0.706. The monoisotopic (exact) mass is 276 g/mol. The van der Waals surface area contributed by atoms with Crippen LogP contribution >= 0.6 is 0 Å². The number of nitrogens with one attached hydrogen (secondary N) is 1. The molecule has 2 atom stereocenters. The lowest BCUT2D eigenvalue weighted by Crippen LogP contribution is -2.37. The summed E-state index contributed by atoms with van der Waals surface area (Å²) in [6.07, 6.45) is 9.17. The SMILES string of the molecule is CCCNC(CCCOC)C1CCCc2cccnc21. The summed E-state index contributed by atoms with van der Waals surface area (Å²) in [7, 11) is 1.78. The first kappa shape index (κ1) is 15.5. The van der Waals surface area contributed by atoms with Crippen LogP contribution in [0.1, 0.15) is 56.2 Å². The van der Waals surface area contributed by atoms with Gasteiger partial charge >= 0.3 is 0 Å². The minimum absolute atomic E-state index is 0.541. The van der Waals surface area contributed by atoms with Crippen LogP contribution in [0.25, 0.3) is 0 Å². The van der Waals surface area contributed by atoms with E-state index >= 15 is 0 Å². The second-order valence-electron chi connectivity index (χ2n) is 5.74. The Labute approximate surface area is 123 Å². The Kier molecular flexibility index (Phi) is 6.48. The number of aryl methyl sites for hydroxylation is 1. The minimum atomic E-state index is 0.541. The van der Waals surface area contributed by atoms with Gasteiger partial charge in [0.25, 0.3) is 0 Å². The van der Waals surface area contributed by atoms with Gasteiger partial charge in [-0.05, 0) is 56.7 Å². The van der Waals surface area contributed by atoms with Crippen molar-refractivity contribution in [1.29, 1.82) is 0 Å². The number of ether oxygens (including phenoxy) is 1. The summed E-state index contributed by atoms with van der Waals surface area (Å²) in [6, 6.07) is 4.86. The molecule has 2 unspecified atom stereocenters. The molecule has 0 aromatic carbocycles. The van der Waals surface area contributed by atoms with Gasteiger partial charge in [0, 0.05) is 37.6 Å². The maximum Gasteiger partial charge on any atom is 0.0481 e. The van der Waals surface area contributed by atoms with Crippen LogP contribution in [0.3, 0.4) is 0 Å². The van der Waals surface area contributed by atoms with Gasteiger partial charge in [0.05, 0.1) is 0 Å². The highest BCUT2D eigenvalue weighted by atomic mass is 16.5. The van der Waals surface area contributed by atoms with E-state index in [-0.39, 0.29) is 0 Å². The maximum atomic E-state index is 5.21.